The Labute approximate surface area is 103 Å². The van der Waals surface area contributed by atoms with Gasteiger partial charge in [-0.25, -0.2) is 0 Å². The number of nitrogens with zero attached hydrogens (tertiary/aromatic N) is 2. The van der Waals surface area contributed by atoms with Gasteiger partial charge in [-0.15, -0.1) is 0 Å². The lowest BCUT2D eigenvalue weighted by atomic mass is 9.82. The van der Waals surface area contributed by atoms with Crippen LogP contribution in [0.5, 0.6) is 0 Å². The molecule has 1 aliphatic carbocycles. The fourth-order valence-corrected chi connectivity index (χ4v) is 2.64. The van der Waals surface area contributed by atoms with Crippen molar-refractivity contribution in [2.75, 3.05) is 7.05 Å². The molecule has 1 saturated carbocycles. The first-order valence-electron chi connectivity index (χ1n) is 6.70. The first-order chi connectivity index (χ1) is 8.20. The van der Waals surface area contributed by atoms with E-state index < -0.39 is 0 Å². The van der Waals surface area contributed by atoms with Gasteiger partial charge >= 0.3 is 0 Å². The quantitative estimate of drug-likeness (QED) is 0.874. The Hall–Kier alpha value is -0.900. The molecule has 96 valence electrons. The average molecular weight is 237 g/mol. The molecule has 0 saturated heterocycles. The zero-order chi connectivity index (χ0) is 12.3. The van der Waals surface area contributed by atoms with Gasteiger partial charge in [0, 0.05) is 18.4 Å². The van der Waals surface area contributed by atoms with E-state index in [1.165, 1.54) is 25.7 Å². The van der Waals surface area contributed by atoms with Crippen LogP contribution in [0.4, 0.5) is 0 Å². The van der Waals surface area contributed by atoms with E-state index >= 15 is 0 Å². The van der Waals surface area contributed by atoms with Gasteiger partial charge in [0.1, 0.15) is 0 Å². The van der Waals surface area contributed by atoms with Crippen LogP contribution in [0, 0.1) is 5.92 Å². The molecule has 2 unspecified atom stereocenters. The Morgan fingerprint density at radius 2 is 2.12 bits per heavy atom. The van der Waals surface area contributed by atoms with Crippen LogP contribution >= 0.6 is 0 Å². The van der Waals surface area contributed by atoms with Gasteiger partial charge in [0.05, 0.1) is 0 Å². The second-order valence-electron chi connectivity index (χ2n) is 5.34. The van der Waals surface area contributed by atoms with Crippen molar-refractivity contribution in [1.29, 1.82) is 0 Å². The van der Waals surface area contributed by atoms with Gasteiger partial charge in [-0.05, 0) is 25.8 Å². The van der Waals surface area contributed by atoms with Gasteiger partial charge < -0.3 is 9.84 Å². The zero-order valence-electron chi connectivity index (χ0n) is 11.1. The van der Waals surface area contributed by atoms with Crippen molar-refractivity contribution in [3.63, 3.8) is 0 Å². The summed E-state index contributed by atoms with van der Waals surface area (Å²) in [6.45, 7) is 4.18. The maximum Gasteiger partial charge on any atom is 0.226 e. The second-order valence-corrected chi connectivity index (χ2v) is 5.34. The predicted molar refractivity (Wildman–Crippen MR) is 66.9 cm³/mol. The number of aromatic nitrogens is 2. The Kier molecular flexibility index (Phi) is 4.15. The van der Waals surface area contributed by atoms with E-state index in [9.17, 15) is 0 Å². The molecule has 1 aliphatic rings. The van der Waals surface area contributed by atoms with Crippen molar-refractivity contribution in [3.8, 4) is 0 Å². The third-order valence-electron chi connectivity index (χ3n) is 3.72. The monoisotopic (exact) mass is 237 g/mol. The van der Waals surface area contributed by atoms with Crippen LogP contribution in [0.3, 0.4) is 0 Å². The van der Waals surface area contributed by atoms with Crippen LogP contribution in [0.15, 0.2) is 4.52 Å². The Morgan fingerprint density at radius 3 is 2.76 bits per heavy atom. The largest absolute Gasteiger partial charge is 0.339 e. The molecule has 0 radical (unpaired) electrons. The predicted octanol–water partition coefficient (Wildman–Crippen LogP) is 2.51. The fraction of sp³-hybridized carbons (Fsp3) is 0.846. The lowest BCUT2D eigenvalue weighted by molar-refractivity contribution is 0.248. The zero-order valence-corrected chi connectivity index (χ0v) is 11.1. The molecular weight excluding hydrogens is 214 g/mol. The molecule has 1 aromatic heterocycles. The van der Waals surface area contributed by atoms with Crippen molar-refractivity contribution in [2.24, 2.45) is 5.92 Å². The smallest absolute Gasteiger partial charge is 0.226 e. The molecule has 0 spiro atoms. The molecule has 4 nitrogen and oxygen atoms in total. The van der Waals surface area contributed by atoms with E-state index in [1.807, 2.05) is 0 Å². The van der Waals surface area contributed by atoms with Crippen molar-refractivity contribution < 1.29 is 4.52 Å². The van der Waals surface area contributed by atoms with Crippen LogP contribution in [0.1, 0.15) is 57.2 Å². The van der Waals surface area contributed by atoms with Crippen molar-refractivity contribution in [1.82, 2.24) is 15.5 Å². The van der Waals surface area contributed by atoms with Gasteiger partial charge in [0.25, 0.3) is 0 Å². The number of nitrogens with one attached hydrogen (secondary N) is 1. The maximum atomic E-state index is 5.33. The molecule has 2 atom stereocenters. The van der Waals surface area contributed by atoms with Crippen LogP contribution in [-0.4, -0.2) is 23.2 Å². The summed E-state index contributed by atoms with van der Waals surface area (Å²) in [5.41, 5.74) is 0. The van der Waals surface area contributed by atoms with Crippen LogP contribution < -0.4 is 5.32 Å². The summed E-state index contributed by atoms with van der Waals surface area (Å²) in [6, 6.07) is 0.609. The molecule has 1 heterocycles. The Balaban J connectivity index is 1.98. The van der Waals surface area contributed by atoms with Gasteiger partial charge in [-0.2, -0.15) is 4.98 Å². The van der Waals surface area contributed by atoms with Crippen LogP contribution in [0.2, 0.25) is 0 Å². The van der Waals surface area contributed by atoms with E-state index in [1.54, 1.807) is 0 Å². The fourth-order valence-electron chi connectivity index (χ4n) is 2.64. The van der Waals surface area contributed by atoms with E-state index in [2.05, 4.69) is 36.4 Å². The standard InChI is InChI=1S/C13H23N3O/c1-9(2)13-15-12(17-16-13)8-10-6-4-5-7-11(10)14-3/h9-11,14H,4-8H2,1-3H3. The number of hydrogen-bond donors (Lipinski definition) is 1. The summed E-state index contributed by atoms with van der Waals surface area (Å²) in [7, 11) is 2.05. The normalized spacial score (nSPS) is 25.4. The topological polar surface area (TPSA) is 51.0 Å². The molecule has 0 amide bonds. The second kappa shape index (κ2) is 5.63. The maximum absolute atomic E-state index is 5.33. The first-order valence-corrected chi connectivity index (χ1v) is 6.70. The molecule has 17 heavy (non-hydrogen) atoms. The summed E-state index contributed by atoms with van der Waals surface area (Å²) < 4.78 is 5.33. The van der Waals surface area contributed by atoms with E-state index in [0.29, 0.717) is 17.9 Å². The van der Waals surface area contributed by atoms with Gasteiger partial charge in [-0.3, -0.25) is 0 Å². The molecule has 0 bridgehead atoms. The molecular formula is C13H23N3O. The molecule has 1 aromatic rings. The minimum Gasteiger partial charge on any atom is -0.339 e. The average Bonchev–Trinajstić information content (AvgIpc) is 2.78. The van der Waals surface area contributed by atoms with E-state index in [0.717, 1.165) is 18.1 Å². The number of hydrogen-bond acceptors (Lipinski definition) is 4. The molecule has 0 aliphatic heterocycles. The summed E-state index contributed by atoms with van der Waals surface area (Å²) >= 11 is 0. The van der Waals surface area contributed by atoms with Crippen molar-refractivity contribution >= 4 is 0 Å². The lowest BCUT2D eigenvalue weighted by Gasteiger charge is -2.30. The summed E-state index contributed by atoms with van der Waals surface area (Å²) in [4.78, 5) is 4.47. The summed E-state index contributed by atoms with van der Waals surface area (Å²) in [6.07, 6.45) is 6.12. The Morgan fingerprint density at radius 1 is 1.35 bits per heavy atom. The third-order valence-corrected chi connectivity index (χ3v) is 3.72. The van der Waals surface area contributed by atoms with Crippen LogP contribution in [-0.2, 0) is 6.42 Å². The molecule has 4 heteroatoms. The van der Waals surface area contributed by atoms with Crippen molar-refractivity contribution in [3.05, 3.63) is 11.7 Å². The summed E-state index contributed by atoms with van der Waals surface area (Å²) in [5, 5.41) is 7.44. The van der Waals surface area contributed by atoms with Crippen molar-refractivity contribution in [2.45, 2.75) is 57.9 Å². The molecule has 0 aromatic carbocycles. The first kappa shape index (κ1) is 12.6. The van der Waals surface area contributed by atoms with E-state index in [4.69, 9.17) is 4.52 Å². The molecule has 2 rings (SSSR count). The Bertz CT molecular complexity index is 348. The third kappa shape index (κ3) is 3.06. The number of rotatable bonds is 4. The molecule has 1 N–H and O–H groups in total. The van der Waals surface area contributed by atoms with Gasteiger partial charge in [0.15, 0.2) is 5.82 Å². The highest BCUT2D eigenvalue weighted by Crippen LogP contribution is 2.27. The highest BCUT2D eigenvalue weighted by atomic mass is 16.5. The highest BCUT2D eigenvalue weighted by molar-refractivity contribution is 4.94. The van der Waals surface area contributed by atoms with Gasteiger partial charge in [0.2, 0.25) is 5.89 Å². The molecule has 1 fully saturated rings. The lowest BCUT2D eigenvalue weighted by Crippen LogP contribution is -2.37. The highest BCUT2D eigenvalue weighted by Gasteiger charge is 2.26. The summed E-state index contributed by atoms with van der Waals surface area (Å²) in [5.74, 6) is 2.63. The van der Waals surface area contributed by atoms with E-state index in [-0.39, 0.29) is 0 Å². The minimum absolute atomic E-state index is 0.346. The van der Waals surface area contributed by atoms with Gasteiger partial charge in [-0.1, -0.05) is 31.8 Å². The minimum atomic E-state index is 0.346. The SMILES string of the molecule is CNC1CCCCC1Cc1nc(C(C)C)no1. The van der Waals surface area contributed by atoms with Crippen LogP contribution in [0.25, 0.3) is 0 Å².